The fourth-order valence-corrected chi connectivity index (χ4v) is 15.3. The smallest absolute Gasteiger partial charge is 0.123 e. The van der Waals surface area contributed by atoms with Crippen LogP contribution in [0.25, 0.3) is 0 Å². The number of halogens is 6. The molecule has 0 fully saturated rings. The van der Waals surface area contributed by atoms with E-state index in [2.05, 4.69) is 0 Å². The summed E-state index contributed by atoms with van der Waals surface area (Å²) in [5.74, 6) is -2.34. The molecular weight excluding hydrogens is 704 g/mol. The van der Waals surface area contributed by atoms with E-state index in [-0.39, 0.29) is 34.9 Å². The van der Waals surface area contributed by atoms with Crippen LogP contribution >= 0.6 is 14.5 Å². The zero-order valence-corrected chi connectivity index (χ0v) is 29.5. The second-order valence-electron chi connectivity index (χ2n) is 12.6. The molecule has 0 nitrogen and oxygen atoms in total. The molecule has 0 aliphatic carbocycles. The van der Waals surface area contributed by atoms with Crippen LogP contribution in [0.2, 0.25) is 0 Å². The van der Waals surface area contributed by atoms with Gasteiger partial charge in [-0.05, 0) is 157 Å². The van der Waals surface area contributed by atoms with Crippen molar-refractivity contribution in [2.24, 2.45) is 0 Å². The van der Waals surface area contributed by atoms with E-state index in [9.17, 15) is 26.3 Å². The van der Waals surface area contributed by atoms with Gasteiger partial charge in [-0.2, -0.15) is 0 Å². The third kappa shape index (κ3) is 7.06. The lowest BCUT2D eigenvalue weighted by Gasteiger charge is -2.29. The molecule has 8 heteroatoms. The monoisotopic (exact) mass is 736 g/mol. The number of rotatable bonds is 10. The summed E-state index contributed by atoms with van der Waals surface area (Å²) in [7, 11) is -5.30. The van der Waals surface area contributed by atoms with Crippen LogP contribution < -0.4 is 31.8 Å². The average Bonchev–Trinajstić information content (AvgIpc) is 3.16. The Hall–Kier alpha value is -5.02. The van der Waals surface area contributed by atoms with Gasteiger partial charge in [-0.25, -0.2) is 26.3 Å². The van der Waals surface area contributed by atoms with Gasteiger partial charge in [0.15, 0.2) is 0 Å². The van der Waals surface area contributed by atoms with Crippen molar-refractivity contribution in [3.8, 4) is 0 Å². The maximum absolute atomic E-state index is 14.3. The first-order valence-corrected chi connectivity index (χ1v) is 20.5. The quantitative estimate of drug-likeness (QED) is 0.0970. The summed E-state index contributed by atoms with van der Waals surface area (Å²) in [6, 6.07) is 45.9. The molecular formula is C44H32F6P2+2. The molecule has 7 aromatic carbocycles. The molecule has 0 spiro atoms. The first kappa shape index (κ1) is 35.4. The molecule has 0 unspecified atom stereocenters. The first-order valence-electron chi connectivity index (χ1n) is 16.6. The van der Waals surface area contributed by atoms with E-state index in [1.54, 1.807) is 72.8 Å². The Bertz CT molecular complexity index is 1870. The van der Waals surface area contributed by atoms with E-state index >= 15 is 0 Å². The third-order valence-corrected chi connectivity index (χ3v) is 18.2. The van der Waals surface area contributed by atoms with Crippen molar-refractivity contribution in [3.05, 3.63) is 216 Å². The maximum atomic E-state index is 14.3. The Morgan fingerprint density at radius 1 is 0.231 bits per heavy atom. The second-order valence-corrected chi connectivity index (χ2v) is 19.6. The molecule has 0 aromatic heterocycles. The molecule has 7 rings (SSSR count). The topological polar surface area (TPSA) is 0 Å². The largest absolute Gasteiger partial charge is 0.207 e. The molecule has 0 saturated carbocycles. The number of hydrogen-bond acceptors (Lipinski definition) is 0. The second kappa shape index (κ2) is 14.9. The van der Waals surface area contributed by atoms with Crippen molar-refractivity contribution < 1.29 is 26.3 Å². The Morgan fingerprint density at radius 3 is 0.538 bits per heavy atom. The minimum absolute atomic E-state index is 0.389. The van der Waals surface area contributed by atoms with E-state index < -0.39 is 14.5 Å². The summed E-state index contributed by atoms with van der Waals surface area (Å²) in [6.45, 7) is 0. The van der Waals surface area contributed by atoms with Crippen molar-refractivity contribution in [1.29, 1.82) is 0 Å². The van der Waals surface area contributed by atoms with Gasteiger partial charge in [-0.1, -0.05) is 24.3 Å². The average molecular weight is 737 g/mol. The highest BCUT2D eigenvalue weighted by atomic mass is 31.2. The van der Waals surface area contributed by atoms with Crippen LogP contribution in [0.15, 0.2) is 170 Å². The molecule has 0 bridgehead atoms. The number of hydrogen-bond donors (Lipinski definition) is 0. The van der Waals surface area contributed by atoms with Crippen molar-refractivity contribution in [1.82, 2.24) is 0 Å². The minimum Gasteiger partial charge on any atom is -0.207 e. The predicted molar refractivity (Wildman–Crippen MR) is 204 cm³/mol. The highest BCUT2D eigenvalue weighted by molar-refractivity contribution is 7.95. The summed E-state index contributed by atoms with van der Waals surface area (Å²) in [5, 5.41) is 5.11. The SMILES string of the molecule is Fc1ccc([P+](Cc2ccc(C[P+](c3ccc(F)cc3)(c3ccc(F)cc3)c3ccc(F)cc3)cc2)(c2ccc(F)cc2)c2ccc(F)cc2)cc1. The molecule has 258 valence electrons. The lowest BCUT2D eigenvalue weighted by atomic mass is 10.2. The first-order chi connectivity index (χ1) is 25.2. The van der Waals surface area contributed by atoms with E-state index in [1.165, 1.54) is 72.8 Å². The molecule has 0 amide bonds. The van der Waals surface area contributed by atoms with Gasteiger partial charge < -0.3 is 0 Å². The van der Waals surface area contributed by atoms with Crippen LogP contribution in [0.1, 0.15) is 11.1 Å². The van der Waals surface area contributed by atoms with Crippen LogP contribution in [0, 0.1) is 34.9 Å². The van der Waals surface area contributed by atoms with Crippen LogP contribution in [-0.2, 0) is 12.3 Å². The van der Waals surface area contributed by atoms with Crippen molar-refractivity contribution in [2.75, 3.05) is 0 Å². The van der Waals surface area contributed by atoms with E-state index in [4.69, 9.17) is 0 Å². The van der Waals surface area contributed by atoms with Crippen molar-refractivity contribution in [3.63, 3.8) is 0 Å². The summed E-state index contributed by atoms with van der Waals surface area (Å²) in [4.78, 5) is 0. The summed E-state index contributed by atoms with van der Waals surface area (Å²) in [5.41, 5.74) is 1.90. The Labute approximate surface area is 300 Å². The van der Waals surface area contributed by atoms with Crippen LogP contribution in [0.4, 0.5) is 26.3 Å². The van der Waals surface area contributed by atoms with Gasteiger partial charge in [0.25, 0.3) is 0 Å². The highest BCUT2D eigenvalue weighted by Crippen LogP contribution is 2.60. The highest BCUT2D eigenvalue weighted by Gasteiger charge is 2.47. The molecule has 0 radical (unpaired) electrons. The van der Waals surface area contributed by atoms with Crippen molar-refractivity contribution in [2.45, 2.75) is 12.3 Å². The molecule has 0 N–H and O–H groups in total. The molecule has 7 aromatic rings. The zero-order chi connectivity index (χ0) is 36.3. The standard InChI is InChI=1S/C44H32F6P2/c45-33-5-17-39(18-6-33)51(40-19-7-34(46)8-20-40,41-21-9-35(47)10-22-41)29-31-1-2-32(4-3-31)30-52(42-23-11-36(48)12-24-42,43-25-13-37(49)14-26-43)44-27-15-38(50)16-28-44/h1-28H,29-30H2/q+2. The minimum atomic E-state index is -2.65. The molecule has 0 aliphatic heterocycles. The molecule has 0 atom stereocenters. The van der Waals surface area contributed by atoms with Gasteiger partial charge in [-0.15, -0.1) is 0 Å². The van der Waals surface area contributed by atoms with Gasteiger partial charge in [0, 0.05) is 0 Å². The fourth-order valence-electron chi connectivity index (χ4n) is 6.91. The molecule has 0 saturated heterocycles. The van der Waals surface area contributed by atoms with Crippen LogP contribution in [0.3, 0.4) is 0 Å². The lowest BCUT2D eigenvalue weighted by Crippen LogP contribution is -2.33. The van der Waals surface area contributed by atoms with Gasteiger partial charge in [0.2, 0.25) is 0 Å². The maximum Gasteiger partial charge on any atom is 0.123 e. The lowest BCUT2D eigenvalue weighted by molar-refractivity contribution is 0.627. The van der Waals surface area contributed by atoms with Crippen molar-refractivity contribution >= 4 is 46.4 Å². The van der Waals surface area contributed by atoms with E-state index in [0.717, 1.165) is 43.0 Å². The Morgan fingerprint density at radius 2 is 0.385 bits per heavy atom. The number of benzene rings is 7. The van der Waals surface area contributed by atoms with Gasteiger partial charge in [0.1, 0.15) is 81.3 Å². The summed E-state index contributed by atoms with van der Waals surface area (Å²) in [6.07, 6.45) is 0.953. The van der Waals surface area contributed by atoms with Gasteiger partial charge >= 0.3 is 0 Å². The fraction of sp³-hybridized carbons (Fsp3) is 0.0455. The third-order valence-electron chi connectivity index (χ3n) is 9.47. The zero-order valence-electron chi connectivity index (χ0n) is 27.7. The van der Waals surface area contributed by atoms with E-state index in [1.807, 2.05) is 24.3 Å². The molecule has 52 heavy (non-hydrogen) atoms. The van der Waals surface area contributed by atoms with E-state index in [0.29, 0.717) is 12.3 Å². The summed E-state index contributed by atoms with van der Waals surface area (Å²) < 4.78 is 85.7. The Balaban J connectivity index is 1.36. The predicted octanol–water partition coefficient (Wildman–Crippen LogP) is 9.51. The summed E-state index contributed by atoms with van der Waals surface area (Å²) >= 11 is 0. The van der Waals surface area contributed by atoms with Gasteiger partial charge in [-0.3, -0.25) is 0 Å². The molecule has 0 heterocycles. The van der Waals surface area contributed by atoms with Crippen LogP contribution in [-0.4, -0.2) is 0 Å². The Kier molecular flexibility index (Phi) is 10.1. The molecule has 0 aliphatic rings. The van der Waals surface area contributed by atoms with Gasteiger partial charge in [0.05, 0.1) is 12.3 Å². The normalized spacial score (nSPS) is 11.8. The van der Waals surface area contributed by atoms with Crippen LogP contribution in [0.5, 0.6) is 0 Å².